The van der Waals surface area contributed by atoms with Crippen molar-refractivity contribution in [2.75, 3.05) is 19.6 Å². The van der Waals surface area contributed by atoms with E-state index in [2.05, 4.69) is 28.9 Å². The molecule has 102 valence electrons. The first kappa shape index (κ1) is 14.1. The van der Waals surface area contributed by atoms with Crippen LogP contribution in [0.1, 0.15) is 24.5 Å². The maximum absolute atomic E-state index is 9.62. The molecule has 0 aromatic heterocycles. The zero-order chi connectivity index (χ0) is 13.7. The number of benzene rings is 1. The SMILES string of the molecule is CC(O)C1CCN(Cc2cccc(C#CCN)c2)C1. The first-order valence-electron chi connectivity index (χ1n) is 6.87. The molecule has 19 heavy (non-hydrogen) atoms. The summed E-state index contributed by atoms with van der Waals surface area (Å²) in [6, 6.07) is 8.30. The predicted molar refractivity (Wildman–Crippen MR) is 77.4 cm³/mol. The second-order valence-electron chi connectivity index (χ2n) is 5.23. The minimum absolute atomic E-state index is 0.202. The molecule has 0 aliphatic carbocycles. The molecule has 2 atom stereocenters. The van der Waals surface area contributed by atoms with Crippen molar-refractivity contribution in [2.24, 2.45) is 11.7 Å². The molecule has 0 saturated carbocycles. The minimum atomic E-state index is -0.202. The van der Waals surface area contributed by atoms with Crippen LogP contribution >= 0.6 is 0 Å². The van der Waals surface area contributed by atoms with Gasteiger partial charge in [-0.05, 0) is 43.5 Å². The molecule has 1 saturated heterocycles. The maximum Gasteiger partial charge on any atom is 0.0555 e. The van der Waals surface area contributed by atoms with Crippen LogP contribution in [-0.2, 0) is 6.54 Å². The fraction of sp³-hybridized carbons (Fsp3) is 0.500. The number of nitrogens with zero attached hydrogens (tertiary/aromatic N) is 1. The van der Waals surface area contributed by atoms with Crippen LogP contribution in [0.2, 0.25) is 0 Å². The first-order valence-corrected chi connectivity index (χ1v) is 6.87. The number of rotatable bonds is 3. The third-order valence-corrected chi connectivity index (χ3v) is 3.66. The molecule has 0 amide bonds. The topological polar surface area (TPSA) is 49.5 Å². The Hall–Kier alpha value is -1.34. The molecule has 2 unspecified atom stereocenters. The summed E-state index contributed by atoms with van der Waals surface area (Å²) in [6.45, 7) is 5.26. The van der Waals surface area contributed by atoms with Gasteiger partial charge in [-0.2, -0.15) is 0 Å². The summed E-state index contributed by atoms with van der Waals surface area (Å²) in [4.78, 5) is 2.40. The van der Waals surface area contributed by atoms with Crippen molar-refractivity contribution in [3.05, 3.63) is 35.4 Å². The molecule has 1 fully saturated rings. The molecule has 1 aromatic rings. The number of hydrogen-bond acceptors (Lipinski definition) is 3. The normalized spacial score (nSPS) is 20.9. The van der Waals surface area contributed by atoms with Crippen LogP contribution in [0.15, 0.2) is 24.3 Å². The highest BCUT2D eigenvalue weighted by atomic mass is 16.3. The zero-order valence-electron chi connectivity index (χ0n) is 11.5. The van der Waals surface area contributed by atoms with Gasteiger partial charge in [-0.3, -0.25) is 4.90 Å². The standard InChI is InChI=1S/C16H22N2O/c1-13(19)16-7-9-18(12-16)11-15-5-2-4-14(10-15)6-3-8-17/h2,4-5,10,13,16,19H,7-9,11-12,17H2,1H3. The second-order valence-corrected chi connectivity index (χ2v) is 5.23. The summed E-state index contributed by atoms with van der Waals surface area (Å²) >= 11 is 0. The monoisotopic (exact) mass is 258 g/mol. The smallest absolute Gasteiger partial charge is 0.0555 e. The van der Waals surface area contributed by atoms with Crippen molar-refractivity contribution < 1.29 is 5.11 Å². The number of aliphatic hydroxyl groups excluding tert-OH is 1. The molecule has 3 heteroatoms. The summed E-state index contributed by atoms with van der Waals surface area (Å²) in [6.07, 6.45) is 0.886. The quantitative estimate of drug-likeness (QED) is 0.801. The van der Waals surface area contributed by atoms with Gasteiger partial charge >= 0.3 is 0 Å². The van der Waals surface area contributed by atoms with Gasteiger partial charge in [-0.1, -0.05) is 24.0 Å². The number of nitrogens with two attached hydrogens (primary N) is 1. The third kappa shape index (κ3) is 4.07. The molecular formula is C16H22N2O. The molecule has 0 spiro atoms. The Morgan fingerprint density at radius 2 is 2.37 bits per heavy atom. The Morgan fingerprint density at radius 1 is 1.53 bits per heavy atom. The molecule has 3 nitrogen and oxygen atoms in total. The fourth-order valence-electron chi connectivity index (χ4n) is 2.56. The Labute approximate surface area is 115 Å². The lowest BCUT2D eigenvalue weighted by Gasteiger charge is -2.17. The van der Waals surface area contributed by atoms with E-state index in [0.717, 1.165) is 31.6 Å². The van der Waals surface area contributed by atoms with Crippen molar-refractivity contribution in [3.8, 4) is 11.8 Å². The highest BCUT2D eigenvalue weighted by Gasteiger charge is 2.25. The lowest BCUT2D eigenvalue weighted by Crippen LogP contribution is -2.23. The van der Waals surface area contributed by atoms with Gasteiger partial charge in [-0.15, -0.1) is 0 Å². The van der Waals surface area contributed by atoms with Crippen molar-refractivity contribution in [3.63, 3.8) is 0 Å². The molecule has 3 N–H and O–H groups in total. The minimum Gasteiger partial charge on any atom is -0.393 e. The first-order chi connectivity index (χ1) is 9.19. The second kappa shape index (κ2) is 6.72. The predicted octanol–water partition coefficient (Wildman–Crippen LogP) is 1.20. The van der Waals surface area contributed by atoms with E-state index < -0.39 is 0 Å². The third-order valence-electron chi connectivity index (χ3n) is 3.66. The zero-order valence-corrected chi connectivity index (χ0v) is 11.5. The van der Waals surface area contributed by atoms with Crippen LogP contribution in [0.4, 0.5) is 0 Å². The summed E-state index contributed by atoms with van der Waals surface area (Å²) in [5.41, 5.74) is 7.68. The van der Waals surface area contributed by atoms with Crippen molar-refractivity contribution in [2.45, 2.75) is 26.0 Å². The molecule has 1 aliphatic rings. The van der Waals surface area contributed by atoms with Crippen LogP contribution in [-0.4, -0.2) is 35.7 Å². The molecule has 0 bridgehead atoms. The van der Waals surface area contributed by atoms with Crippen molar-refractivity contribution in [1.29, 1.82) is 0 Å². The fourth-order valence-corrected chi connectivity index (χ4v) is 2.56. The number of aliphatic hydroxyl groups is 1. The van der Waals surface area contributed by atoms with Crippen molar-refractivity contribution >= 4 is 0 Å². The maximum atomic E-state index is 9.62. The molecule has 2 rings (SSSR count). The van der Waals surface area contributed by atoms with Crippen LogP contribution in [0, 0.1) is 17.8 Å². The van der Waals surface area contributed by atoms with E-state index in [9.17, 15) is 5.11 Å². The van der Waals surface area contributed by atoms with Crippen molar-refractivity contribution in [1.82, 2.24) is 4.90 Å². The molecule has 1 heterocycles. The van der Waals surface area contributed by atoms with Crippen LogP contribution in [0.3, 0.4) is 0 Å². The summed E-state index contributed by atoms with van der Waals surface area (Å²) < 4.78 is 0. The Morgan fingerprint density at radius 3 is 3.05 bits per heavy atom. The highest BCUT2D eigenvalue weighted by Crippen LogP contribution is 2.21. The average Bonchev–Trinajstić information content (AvgIpc) is 2.85. The molecular weight excluding hydrogens is 236 g/mol. The Balaban J connectivity index is 1.96. The number of hydrogen-bond donors (Lipinski definition) is 2. The van der Waals surface area contributed by atoms with E-state index in [1.807, 2.05) is 19.1 Å². The van der Waals surface area contributed by atoms with E-state index in [-0.39, 0.29) is 6.10 Å². The lowest BCUT2D eigenvalue weighted by molar-refractivity contribution is 0.127. The van der Waals surface area contributed by atoms with E-state index in [4.69, 9.17) is 5.73 Å². The van der Waals surface area contributed by atoms with Crippen LogP contribution < -0.4 is 5.73 Å². The Kier molecular flexibility index (Phi) is 4.98. The van der Waals surface area contributed by atoms with Gasteiger partial charge in [0.15, 0.2) is 0 Å². The van der Waals surface area contributed by atoms with Crippen LogP contribution in [0.25, 0.3) is 0 Å². The van der Waals surface area contributed by atoms with Gasteiger partial charge in [0.05, 0.1) is 12.6 Å². The number of likely N-dealkylation sites (tertiary alicyclic amines) is 1. The van der Waals surface area contributed by atoms with Gasteiger partial charge < -0.3 is 10.8 Å². The highest BCUT2D eigenvalue weighted by molar-refractivity contribution is 5.37. The molecule has 1 aliphatic heterocycles. The lowest BCUT2D eigenvalue weighted by atomic mass is 10.0. The molecule has 0 radical (unpaired) electrons. The van der Waals surface area contributed by atoms with Gasteiger partial charge in [0.2, 0.25) is 0 Å². The van der Waals surface area contributed by atoms with Crippen LogP contribution in [0.5, 0.6) is 0 Å². The average molecular weight is 258 g/mol. The van der Waals surface area contributed by atoms with E-state index in [0.29, 0.717) is 12.5 Å². The summed E-state index contributed by atoms with van der Waals surface area (Å²) in [5, 5.41) is 9.62. The van der Waals surface area contributed by atoms with Gasteiger partial charge in [-0.25, -0.2) is 0 Å². The summed E-state index contributed by atoms with van der Waals surface area (Å²) in [5.74, 6) is 6.36. The van der Waals surface area contributed by atoms with E-state index in [1.54, 1.807) is 0 Å². The van der Waals surface area contributed by atoms with Gasteiger partial charge in [0.1, 0.15) is 0 Å². The molecule has 1 aromatic carbocycles. The van der Waals surface area contributed by atoms with E-state index >= 15 is 0 Å². The summed E-state index contributed by atoms with van der Waals surface area (Å²) in [7, 11) is 0. The van der Waals surface area contributed by atoms with Gasteiger partial charge in [0, 0.05) is 18.7 Å². The van der Waals surface area contributed by atoms with Gasteiger partial charge in [0.25, 0.3) is 0 Å². The van der Waals surface area contributed by atoms with E-state index in [1.165, 1.54) is 5.56 Å². The largest absolute Gasteiger partial charge is 0.393 e. The Bertz CT molecular complexity index is 473.